The maximum atomic E-state index is 13.3. The predicted molar refractivity (Wildman–Crippen MR) is 139 cm³/mol. The Balaban J connectivity index is 1.30. The summed E-state index contributed by atoms with van der Waals surface area (Å²) in [5.41, 5.74) is 3.09. The minimum atomic E-state index is -0.499. The van der Waals surface area contributed by atoms with E-state index in [0.29, 0.717) is 10.8 Å². The average molecular weight is 504 g/mol. The number of hydrogen-bond donors (Lipinski definition) is 2. The molecule has 5 nitrogen and oxygen atoms in total. The standard InChI is InChI=1S/C27H22FN3O2S2/c28-20-10-8-17(9-11-20)23-16-34-27(30-23)31-26(33)24(18-4-2-1-3-5-18)35-22-14-12-21(13-15-22)29-25(32)19-6-7-19/h1-5,8-16,19,24H,6-7H2,(H,29,32)(H,30,31,33). The molecule has 1 atom stereocenters. The van der Waals surface area contributed by atoms with Gasteiger partial charge in [-0.1, -0.05) is 30.3 Å². The predicted octanol–water partition coefficient (Wildman–Crippen LogP) is 6.77. The SMILES string of the molecule is O=C(Nc1ccc(SC(C(=O)Nc2nc(-c3ccc(F)cc3)cs2)c2ccccc2)cc1)C1CC1. The highest BCUT2D eigenvalue weighted by Crippen LogP contribution is 2.37. The molecule has 35 heavy (non-hydrogen) atoms. The van der Waals surface area contributed by atoms with Crippen molar-refractivity contribution < 1.29 is 14.0 Å². The molecule has 2 N–H and O–H groups in total. The van der Waals surface area contributed by atoms with Gasteiger partial charge in [0.05, 0.1) is 5.69 Å². The first-order chi connectivity index (χ1) is 17.0. The quantitative estimate of drug-likeness (QED) is 0.260. The third-order valence-electron chi connectivity index (χ3n) is 5.54. The van der Waals surface area contributed by atoms with E-state index < -0.39 is 5.25 Å². The van der Waals surface area contributed by atoms with Crippen LogP contribution in [0, 0.1) is 11.7 Å². The summed E-state index contributed by atoms with van der Waals surface area (Å²) < 4.78 is 13.2. The second-order valence-corrected chi connectivity index (χ2v) is 10.3. The molecule has 1 aromatic heterocycles. The highest BCUT2D eigenvalue weighted by Gasteiger charge is 2.29. The van der Waals surface area contributed by atoms with Crippen LogP contribution in [0.4, 0.5) is 15.2 Å². The fourth-order valence-corrected chi connectivity index (χ4v) is 5.25. The molecule has 1 aliphatic rings. The summed E-state index contributed by atoms with van der Waals surface area (Å²) in [6.45, 7) is 0. The van der Waals surface area contributed by atoms with Gasteiger partial charge in [-0.15, -0.1) is 23.1 Å². The van der Waals surface area contributed by atoms with Gasteiger partial charge in [0.15, 0.2) is 5.13 Å². The van der Waals surface area contributed by atoms with Gasteiger partial charge in [0, 0.05) is 27.4 Å². The lowest BCUT2D eigenvalue weighted by molar-refractivity contribution is -0.117. The van der Waals surface area contributed by atoms with Gasteiger partial charge in [-0.3, -0.25) is 9.59 Å². The van der Waals surface area contributed by atoms with Crippen LogP contribution in [0.1, 0.15) is 23.7 Å². The zero-order chi connectivity index (χ0) is 24.2. The van der Waals surface area contributed by atoms with E-state index in [0.717, 1.165) is 34.6 Å². The third kappa shape index (κ3) is 5.96. The van der Waals surface area contributed by atoms with E-state index in [1.54, 1.807) is 12.1 Å². The van der Waals surface area contributed by atoms with Gasteiger partial charge in [0.2, 0.25) is 11.8 Å². The van der Waals surface area contributed by atoms with Crippen LogP contribution in [0.15, 0.2) is 89.1 Å². The Hall–Kier alpha value is -3.49. The minimum absolute atomic E-state index is 0.0652. The summed E-state index contributed by atoms with van der Waals surface area (Å²) in [6.07, 6.45) is 1.91. The molecule has 1 saturated carbocycles. The molecule has 5 rings (SSSR count). The Morgan fingerprint density at radius 3 is 2.34 bits per heavy atom. The molecule has 0 bridgehead atoms. The van der Waals surface area contributed by atoms with Crippen molar-refractivity contribution in [1.82, 2.24) is 4.98 Å². The second-order valence-electron chi connectivity index (χ2n) is 8.23. The number of amides is 2. The van der Waals surface area contributed by atoms with E-state index in [1.807, 2.05) is 60.0 Å². The molecule has 2 amide bonds. The Morgan fingerprint density at radius 2 is 1.66 bits per heavy atom. The number of thiazole rings is 1. The maximum Gasteiger partial charge on any atom is 0.244 e. The number of carbonyl (C=O) groups is 2. The molecule has 1 aliphatic carbocycles. The number of nitrogens with zero attached hydrogens (tertiary/aromatic N) is 1. The van der Waals surface area contributed by atoms with Crippen LogP contribution in [0.25, 0.3) is 11.3 Å². The largest absolute Gasteiger partial charge is 0.326 e. The molecule has 4 aromatic rings. The number of anilines is 2. The summed E-state index contributed by atoms with van der Waals surface area (Å²) in [5, 5.41) is 7.69. The van der Waals surface area contributed by atoms with E-state index in [1.165, 1.54) is 35.2 Å². The van der Waals surface area contributed by atoms with Gasteiger partial charge in [0.25, 0.3) is 0 Å². The number of rotatable bonds is 8. The van der Waals surface area contributed by atoms with Crippen LogP contribution in [0.5, 0.6) is 0 Å². The number of carbonyl (C=O) groups excluding carboxylic acids is 2. The van der Waals surface area contributed by atoms with Crippen LogP contribution < -0.4 is 10.6 Å². The van der Waals surface area contributed by atoms with Crippen LogP contribution in [0.3, 0.4) is 0 Å². The van der Waals surface area contributed by atoms with Crippen molar-refractivity contribution in [1.29, 1.82) is 0 Å². The fourth-order valence-electron chi connectivity index (χ4n) is 3.50. The molecule has 176 valence electrons. The van der Waals surface area contributed by atoms with Crippen molar-refractivity contribution in [2.24, 2.45) is 5.92 Å². The fraction of sp³-hybridized carbons (Fsp3) is 0.148. The molecule has 1 unspecified atom stereocenters. The highest BCUT2D eigenvalue weighted by molar-refractivity contribution is 8.00. The molecule has 1 fully saturated rings. The Kier molecular flexibility index (Phi) is 6.92. The van der Waals surface area contributed by atoms with Gasteiger partial charge in [-0.2, -0.15) is 0 Å². The first kappa shape index (κ1) is 23.3. The van der Waals surface area contributed by atoms with Gasteiger partial charge in [0.1, 0.15) is 11.1 Å². The lowest BCUT2D eigenvalue weighted by Crippen LogP contribution is -2.19. The van der Waals surface area contributed by atoms with Crippen LogP contribution in [-0.4, -0.2) is 16.8 Å². The summed E-state index contributed by atoms with van der Waals surface area (Å²) in [4.78, 5) is 30.7. The summed E-state index contributed by atoms with van der Waals surface area (Å²) >= 11 is 2.76. The van der Waals surface area contributed by atoms with Crippen molar-refractivity contribution in [3.63, 3.8) is 0 Å². The highest BCUT2D eigenvalue weighted by atomic mass is 32.2. The van der Waals surface area contributed by atoms with Crippen molar-refractivity contribution in [3.05, 3.63) is 95.6 Å². The number of nitrogens with one attached hydrogen (secondary N) is 2. The average Bonchev–Trinajstić information content (AvgIpc) is 3.64. The monoisotopic (exact) mass is 503 g/mol. The first-order valence-electron chi connectivity index (χ1n) is 11.2. The maximum absolute atomic E-state index is 13.3. The molecule has 0 saturated heterocycles. The van der Waals surface area contributed by atoms with E-state index in [2.05, 4.69) is 15.6 Å². The number of thioether (sulfide) groups is 1. The summed E-state index contributed by atoms with van der Waals surface area (Å²) in [5.74, 6) is -0.286. The Bertz CT molecular complexity index is 1320. The van der Waals surface area contributed by atoms with Crippen molar-refractivity contribution >= 4 is 45.7 Å². The van der Waals surface area contributed by atoms with Crippen molar-refractivity contribution in [2.75, 3.05) is 10.6 Å². The van der Waals surface area contributed by atoms with E-state index >= 15 is 0 Å². The molecule has 1 heterocycles. The van der Waals surface area contributed by atoms with Crippen molar-refractivity contribution in [3.8, 4) is 11.3 Å². The minimum Gasteiger partial charge on any atom is -0.326 e. The lowest BCUT2D eigenvalue weighted by atomic mass is 10.1. The van der Waals surface area contributed by atoms with E-state index in [-0.39, 0.29) is 23.5 Å². The van der Waals surface area contributed by atoms with E-state index in [9.17, 15) is 14.0 Å². The number of aromatic nitrogens is 1. The molecule has 0 spiro atoms. The zero-order valence-corrected chi connectivity index (χ0v) is 20.2. The molecule has 8 heteroatoms. The van der Waals surface area contributed by atoms with E-state index in [4.69, 9.17) is 0 Å². The summed E-state index contributed by atoms with van der Waals surface area (Å²) in [7, 11) is 0. The van der Waals surface area contributed by atoms with Crippen LogP contribution in [0.2, 0.25) is 0 Å². The number of hydrogen-bond acceptors (Lipinski definition) is 5. The Morgan fingerprint density at radius 1 is 0.943 bits per heavy atom. The third-order valence-corrected chi connectivity index (χ3v) is 7.56. The lowest BCUT2D eigenvalue weighted by Gasteiger charge is -2.16. The molecule has 0 aliphatic heterocycles. The van der Waals surface area contributed by atoms with Gasteiger partial charge in [-0.05, 0) is 66.9 Å². The number of halogens is 1. The molecule has 0 radical (unpaired) electrons. The topological polar surface area (TPSA) is 71.1 Å². The second kappa shape index (κ2) is 10.4. The van der Waals surface area contributed by atoms with Gasteiger partial charge in [-0.25, -0.2) is 9.37 Å². The first-order valence-corrected chi connectivity index (χ1v) is 13.0. The van der Waals surface area contributed by atoms with Crippen LogP contribution >= 0.6 is 23.1 Å². The van der Waals surface area contributed by atoms with Crippen LogP contribution in [-0.2, 0) is 9.59 Å². The smallest absolute Gasteiger partial charge is 0.244 e. The summed E-state index contributed by atoms with van der Waals surface area (Å²) in [6, 6.07) is 23.2. The zero-order valence-electron chi connectivity index (χ0n) is 18.6. The number of benzene rings is 3. The Labute approximate surface area is 210 Å². The molecular formula is C27H22FN3O2S2. The normalized spacial score (nSPS) is 13.7. The van der Waals surface area contributed by atoms with Gasteiger partial charge >= 0.3 is 0 Å². The molecule has 3 aromatic carbocycles. The van der Waals surface area contributed by atoms with Crippen molar-refractivity contribution in [2.45, 2.75) is 23.0 Å². The molecular weight excluding hydrogens is 481 g/mol. The van der Waals surface area contributed by atoms with Gasteiger partial charge < -0.3 is 10.6 Å².